The number of unbranched alkanes of at least 4 members (excludes halogenated alkanes) is 25. The fourth-order valence-corrected chi connectivity index (χ4v) is 12.6. The van der Waals surface area contributed by atoms with Crippen LogP contribution < -0.4 is 16.0 Å². The van der Waals surface area contributed by atoms with E-state index in [9.17, 15) is 101 Å². The Kier molecular flexibility index (Phi) is 42.9. The van der Waals surface area contributed by atoms with Gasteiger partial charge in [-0.25, -0.2) is 9.59 Å². The summed E-state index contributed by atoms with van der Waals surface area (Å²) in [5, 5.41) is 169. The second kappa shape index (κ2) is 47.5. The van der Waals surface area contributed by atoms with Gasteiger partial charge in [-0.2, -0.15) is 0 Å². The van der Waals surface area contributed by atoms with Crippen LogP contribution in [-0.2, 0) is 52.4 Å². The Morgan fingerprint density at radius 3 is 1.54 bits per heavy atom. The molecule has 3 fully saturated rings. The van der Waals surface area contributed by atoms with Crippen LogP contribution in [0.5, 0.6) is 0 Å². The zero-order valence-corrected chi connectivity index (χ0v) is 57.8. The molecule has 29 nitrogen and oxygen atoms in total. The number of hydrogen-bond donors (Lipinski definition) is 18. The Balaban J connectivity index is 1.80. The van der Waals surface area contributed by atoms with Gasteiger partial charge in [0.05, 0.1) is 62.9 Å². The summed E-state index contributed by atoms with van der Waals surface area (Å²) in [7, 11) is 0. The standard InChI is InChI=1S/C68H123N3O26/c1-5-6-7-8-9-10-11-12-13-14-15-16-17-18-19-20-21-26-29-32-35-47(77)63(87)70-45(46(76)34-31-28-25-23-22-24-27-30-33-43(2)3)41-92-64-60(86)59(85)58(84)52(94-64)42-93-67(65(88)89)37-51(55(69-44(4)75)62(96-67)57(83)50(80)39-73)95-68(66(90)91)36-48(78)54(71-53(81)40-74)61(97-68)56(82)49(79)38-72/h31,34,43,45-52,54-62,64,72-74,76-80,82-86H,5-30,32-33,35-42H2,1-4H3,(H,69,75)(H,70,87)(H,71,81)(H,88,89)(H,90,91)/b34-31+/t45-,46+,47+,48-,49+,50+,51-,52+,54+,55+,56+,57+,58+,59-,60+,61+,62+,64+,67+,68+/m0/s1. The van der Waals surface area contributed by atoms with Crippen molar-refractivity contribution in [2.24, 2.45) is 5.92 Å². The van der Waals surface area contributed by atoms with E-state index in [0.29, 0.717) is 18.8 Å². The largest absolute Gasteiger partial charge is 0.477 e. The summed E-state index contributed by atoms with van der Waals surface area (Å²) in [6.45, 7) is 2.09. The van der Waals surface area contributed by atoms with Crippen LogP contribution in [0.25, 0.3) is 0 Å². The molecule has 0 saturated carbocycles. The van der Waals surface area contributed by atoms with Crippen molar-refractivity contribution >= 4 is 29.7 Å². The van der Waals surface area contributed by atoms with Gasteiger partial charge in [0, 0.05) is 19.8 Å². The number of ether oxygens (including phenoxy) is 6. The third-order valence-corrected chi connectivity index (χ3v) is 18.5. The van der Waals surface area contributed by atoms with Gasteiger partial charge < -0.3 is 121 Å². The van der Waals surface area contributed by atoms with E-state index in [1.54, 1.807) is 6.08 Å². The number of aliphatic carboxylic acids is 2. The molecule has 3 aliphatic heterocycles. The number of rotatable bonds is 53. The Morgan fingerprint density at radius 1 is 0.588 bits per heavy atom. The predicted molar refractivity (Wildman–Crippen MR) is 351 cm³/mol. The van der Waals surface area contributed by atoms with Gasteiger partial charge in [0.1, 0.15) is 73.8 Å². The van der Waals surface area contributed by atoms with Crippen molar-refractivity contribution < 1.29 is 129 Å². The van der Waals surface area contributed by atoms with Crippen LogP contribution >= 0.6 is 0 Å². The van der Waals surface area contributed by atoms with Gasteiger partial charge in [-0.15, -0.1) is 0 Å². The van der Waals surface area contributed by atoms with Gasteiger partial charge in [-0.05, 0) is 25.2 Å². The summed E-state index contributed by atoms with van der Waals surface area (Å²) >= 11 is 0. The molecule has 29 heteroatoms. The van der Waals surface area contributed by atoms with E-state index in [0.717, 1.165) is 77.6 Å². The van der Waals surface area contributed by atoms with Gasteiger partial charge in [0.15, 0.2) is 6.29 Å². The number of nitrogens with one attached hydrogen (secondary N) is 3. The molecule has 0 aliphatic carbocycles. The topological polar surface area (TPSA) is 480 Å². The maximum absolute atomic E-state index is 13.6. The smallest absolute Gasteiger partial charge is 0.364 e. The summed E-state index contributed by atoms with van der Waals surface area (Å²) in [6.07, 6.45) is 1.47. The van der Waals surface area contributed by atoms with Crippen molar-refractivity contribution in [3.63, 3.8) is 0 Å². The van der Waals surface area contributed by atoms with Crippen LogP contribution in [0.15, 0.2) is 12.2 Å². The molecule has 566 valence electrons. The van der Waals surface area contributed by atoms with Crippen LogP contribution in [0.4, 0.5) is 0 Å². The maximum Gasteiger partial charge on any atom is 0.364 e. The monoisotopic (exact) mass is 1400 g/mol. The van der Waals surface area contributed by atoms with Crippen LogP contribution in [-0.4, -0.2) is 261 Å². The molecule has 0 spiro atoms. The fraction of sp³-hybridized carbons (Fsp3) is 0.897. The average molecular weight is 1400 g/mol. The van der Waals surface area contributed by atoms with Crippen LogP contribution in [0, 0.1) is 5.92 Å². The molecule has 0 aromatic carbocycles. The van der Waals surface area contributed by atoms with Crippen molar-refractivity contribution in [1.82, 2.24) is 16.0 Å². The molecule has 0 bridgehead atoms. The first-order valence-corrected chi connectivity index (χ1v) is 35.8. The zero-order chi connectivity index (χ0) is 72.1. The first-order valence-electron chi connectivity index (χ1n) is 35.8. The van der Waals surface area contributed by atoms with Crippen LogP contribution in [0.3, 0.4) is 0 Å². The minimum atomic E-state index is -3.31. The van der Waals surface area contributed by atoms with E-state index in [1.807, 2.05) is 0 Å². The Hall–Kier alpha value is -3.67. The number of carbonyl (C=O) groups is 5. The lowest BCUT2D eigenvalue weighted by atomic mass is 9.86. The molecule has 3 saturated heterocycles. The zero-order valence-electron chi connectivity index (χ0n) is 57.8. The van der Waals surface area contributed by atoms with Crippen LogP contribution in [0.2, 0.25) is 0 Å². The van der Waals surface area contributed by atoms with Gasteiger partial charge >= 0.3 is 11.9 Å². The second-order valence-corrected chi connectivity index (χ2v) is 27.2. The summed E-state index contributed by atoms with van der Waals surface area (Å²) in [5.74, 6) is -13.2. The third-order valence-electron chi connectivity index (χ3n) is 18.5. The molecular weight excluding hydrogens is 1270 g/mol. The molecule has 3 rings (SSSR count). The van der Waals surface area contributed by atoms with Crippen LogP contribution in [0.1, 0.15) is 227 Å². The first-order chi connectivity index (χ1) is 46.2. The quantitative estimate of drug-likeness (QED) is 0.0305. The normalized spacial score (nSPS) is 28.4. The lowest BCUT2D eigenvalue weighted by molar-refractivity contribution is -0.365. The second-order valence-electron chi connectivity index (χ2n) is 27.2. The lowest BCUT2D eigenvalue weighted by Crippen LogP contribution is -2.72. The highest BCUT2D eigenvalue weighted by Gasteiger charge is 2.63. The van der Waals surface area contributed by atoms with Crippen molar-refractivity contribution in [2.75, 3.05) is 33.0 Å². The van der Waals surface area contributed by atoms with E-state index < -0.39 is 197 Å². The molecule has 97 heavy (non-hydrogen) atoms. The number of allylic oxidation sites excluding steroid dienone is 1. The van der Waals surface area contributed by atoms with Crippen molar-refractivity contribution in [3.8, 4) is 0 Å². The molecule has 0 radical (unpaired) electrons. The number of aliphatic hydroxyl groups excluding tert-OH is 13. The van der Waals surface area contributed by atoms with E-state index in [4.69, 9.17) is 28.4 Å². The van der Waals surface area contributed by atoms with Crippen molar-refractivity contribution in [1.29, 1.82) is 0 Å². The van der Waals surface area contributed by atoms with Gasteiger partial charge in [-0.3, -0.25) is 14.4 Å². The summed E-state index contributed by atoms with van der Waals surface area (Å²) in [6, 6.07) is -5.14. The van der Waals surface area contributed by atoms with Crippen molar-refractivity contribution in [3.05, 3.63) is 12.2 Å². The lowest BCUT2D eigenvalue weighted by Gasteiger charge is -2.52. The van der Waals surface area contributed by atoms with E-state index in [-0.39, 0.29) is 6.42 Å². The summed E-state index contributed by atoms with van der Waals surface area (Å²) in [5.41, 5.74) is 0. The van der Waals surface area contributed by atoms with Crippen molar-refractivity contribution in [2.45, 2.75) is 348 Å². The number of carbonyl (C=O) groups excluding carboxylic acids is 3. The molecule has 3 aliphatic rings. The number of aliphatic hydroxyl groups is 13. The van der Waals surface area contributed by atoms with E-state index in [2.05, 4.69) is 36.7 Å². The van der Waals surface area contributed by atoms with E-state index in [1.165, 1.54) is 102 Å². The van der Waals surface area contributed by atoms with E-state index >= 15 is 0 Å². The van der Waals surface area contributed by atoms with Gasteiger partial charge in [0.25, 0.3) is 11.6 Å². The summed E-state index contributed by atoms with van der Waals surface area (Å²) in [4.78, 5) is 65.9. The van der Waals surface area contributed by atoms with Gasteiger partial charge in [-0.1, -0.05) is 200 Å². The van der Waals surface area contributed by atoms with Gasteiger partial charge in [0.2, 0.25) is 17.7 Å². The SMILES string of the molecule is CCCCCCCCCCCCCCCCCCCCCC[C@@H](O)C(=O)N[C@@H](CO[C@@H]1O[C@H](CO[C@]2(C(=O)O)C[C@H](O[C@]3(C(=O)O)C[C@H](O)[C@@H](NC(=O)CO)[C@H]([C@H](O)[C@H](O)CO)O3)[C@@H](NC(C)=O)[C@H]([C@H](O)[C@H](O)CO)O2)[C@@H](O)[C@H](O)[C@H]1O)[C@H](O)/C=C/CCCCCCCCC(C)C. The maximum atomic E-state index is 13.6. The molecule has 20 atom stereocenters. The number of amides is 3. The molecule has 0 aromatic rings. The minimum Gasteiger partial charge on any atom is -0.477 e. The molecule has 0 unspecified atom stereocenters. The predicted octanol–water partition coefficient (Wildman–Crippen LogP) is 1.87. The highest BCUT2D eigenvalue weighted by Crippen LogP contribution is 2.42. The number of carboxylic acids is 2. The fourth-order valence-electron chi connectivity index (χ4n) is 12.6. The minimum absolute atomic E-state index is 0.119. The summed E-state index contributed by atoms with van der Waals surface area (Å²) < 4.78 is 35.2. The Morgan fingerprint density at radius 2 is 1.06 bits per heavy atom. The average Bonchev–Trinajstić information content (AvgIpc) is 0.768. The molecule has 3 heterocycles. The molecular formula is C68H123N3O26. The number of hydrogen-bond acceptors (Lipinski definition) is 24. The highest BCUT2D eigenvalue weighted by atomic mass is 16.8. The first kappa shape index (κ1) is 87.5. The molecule has 0 aromatic heterocycles. The molecule has 3 amide bonds. The highest BCUT2D eigenvalue weighted by molar-refractivity contribution is 5.81. The Labute approximate surface area is 572 Å². The number of carboxylic acid groups (broad SMARTS) is 2. The third kappa shape index (κ3) is 30.4. The Bertz CT molecular complexity index is 2220. The molecule has 18 N–H and O–H groups in total.